The number of nitrogens with zero attached hydrogens (tertiary/aromatic N) is 2. The number of carbonyl (C=O) groups is 1. The molecule has 2 aromatic heterocycles. The molecule has 8 heteroatoms. The Kier molecular flexibility index (Phi) is 5.01. The lowest BCUT2D eigenvalue weighted by atomic mass is 10.1. The minimum absolute atomic E-state index is 0.124. The number of thiocarbonyl (C=S) groups is 1. The number of hydrogen-bond acceptors (Lipinski definition) is 5. The summed E-state index contributed by atoms with van der Waals surface area (Å²) in [7, 11) is 0. The topological polar surface area (TPSA) is 80.0 Å². The van der Waals surface area contributed by atoms with Crippen LogP contribution in [0.5, 0.6) is 0 Å². The maximum absolute atomic E-state index is 13.0. The van der Waals surface area contributed by atoms with Crippen molar-refractivity contribution in [2.75, 3.05) is 5.32 Å². The largest absolute Gasteiger partial charge is 0.434 e. The fourth-order valence-corrected chi connectivity index (χ4v) is 3.02. The first kappa shape index (κ1) is 18.7. The number of fused-ring (bicyclic) bond motifs is 1. The number of oxazole rings is 1. The molecule has 0 spiro atoms. The molecular weight excluding hydrogens is 391 g/mol. The predicted octanol–water partition coefficient (Wildman–Crippen LogP) is 4.46. The fourth-order valence-electron chi connectivity index (χ4n) is 2.82. The summed E-state index contributed by atoms with van der Waals surface area (Å²) in [5, 5.41) is 5.71. The van der Waals surface area contributed by atoms with Gasteiger partial charge < -0.3 is 9.73 Å². The number of carbonyl (C=O) groups excluding carboxylic acids is 1. The van der Waals surface area contributed by atoms with Gasteiger partial charge >= 0.3 is 0 Å². The first-order valence-electron chi connectivity index (χ1n) is 8.71. The molecule has 2 heterocycles. The zero-order valence-corrected chi connectivity index (χ0v) is 16.1. The van der Waals surface area contributed by atoms with Crippen molar-refractivity contribution < 1.29 is 13.6 Å². The third kappa shape index (κ3) is 3.97. The summed E-state index contributed by atoms with van der Waals surface area (Å²) in [6, 6.07) is 14.3. The monoisotopic (exact) mass is 406 g/mol. The van der Waals surface area contributed by atoms with Crippen molar-refractivity contribution in [3.05, 3.63) is 77.7 Å². The molecule has 4 aromatic rings. The maximum Gasteiger partial charge on any atom is 0.257 e. The number of anilines is 1. The van der Waals surface area contributed by atoms with Gasteiger partial charge in [0.15, 0.2) is 16.3 Å². The highest BCUT2D eigenvalue weighted by molar-refractivity contribution is 7.80. The molecule has 144 valence electrons. The molecule has 2 aromatic carbocycles. The first-order valence-corrected chi connectivity index (χ1v) is 9.11. The summed E-state index contributed by atoms with van der Waals surface area (Å²) in [6.45, 7) is 1.89. The van der Waals surface area contributed by atoms with Crippen LogP contribution in [-0.2, 0) is 0 Å². The quantitative estimate of drug-likeness (QED) is 0.489. The van der Waals surface area contributed by atoms with Crippen LogP contribution >= 0.6 is 12.2 Å². The van der Waals surface area contributed by atoms with Crippen LogP contribution in [0.4, 0.5) is 10.1 Å². The zero-order chi connectivity index (χ0) is 20.4. The van der Waals surface area contributed by atoms with Gasteiger partial charge in [-0.2, -0.15) is 4.98 Å². The lowest BCUT2D eigenvalue weighted by Gasteiger charge is -2.13. The standard InChI is InChI=1S/C21H15FN4O2S/c1-12-15(20-25-18-17(28-20)6-3-11-23-18)4-2-5-16(12)24-21(29)26-19(27)13-7-9-14(22)10-8-13/h2-11H,1H3,(H2,24,26,27,29). The number of halogens is 1. The van der Waals surface area contributed by atoms with Gasteiger partial charge in [0.05, 0.1) is 0 Å². The van der Waals surface area contributed by atoms with Crippen molar-refractivity contribution in [2.24, 2.45) is 0 Å². The Morgan fingerprint density at radius 3 is 2.66 bits per heavy atom. The molecule has 0 aliphatic rings. The van der Waals surface area contributed by atoms with Crippen molar-refractivity contribution >= 4 is 40.2 Å². The Morgan fingerprint density at radius 2 is 1.90 bits per heavy atom. The van der Waals surface area contributed by atoms with Crippen LogP contribution in [0.2, 0.25) is 0 Å². The number of pyridine rings is 1. The molecule has 1 amide bonds. The van der Waals surface area contributed by atoms with E-state index in [0.717, 1.165) is 11.1 Å². The van der Waals surface area contributed by atoms with E-state index >= 15 is 0 Å². The second-order valence-electron chi connectivity index (χ2n) is 6.24. The van der Waals surface area contributed by atoms with E-state index in [4.69, 9.17) is 16.6 Å². The minimum atomic E-state index is -0.429. The van der Waals surface area contributed by atoms with Gasteiger partial charge in [0, 0.05) is 23.0 Å². The van der Waals surface area contributed by atoms with Crippen LogP contribution in [0.1, 0.15) is 15.9 Å². The summed E-state index contributed by atoms with van der Waals surface area (Å²) in [5.41, 5.74) is 3.75. The average molecular weight is 406 g/mol. The van der Waals surface area contributed by atoms with Gasteiger partial charge in [-0.05, 0) is 73.2 Å². The lowest BCUT2D eigenvalue weighted by molar-refractivity contribution is 0.0977. The van der Waals surface area contributed by atoms with Crippen LogP contribution in [0, 0.1) is 12.7 Å². The lowest BCUT2D eigenvalue weighted by Crippen LogP contribution is -2.34. The number of aromatic nitrogens is 2. The van der Waals surface area contributed by atoms with E-state index in [1.807, 2.05) is 25.1 Å². The second-order valence-corrected chi connectivity index (χ2v) is 6.65. The van der Waals surface area contributed by atoms with Gasteiger partial charge in [0.1, 0.15) is 5.82 Å². The number of benzene rings is 2. The predicted molar refractivity (Wildman–Crippen MR) is 112 cm³/mol. The zero-order valence-electron chi connectivity index (χ0n) is 15.3. The Bertz CT molecular complexity index is 1190. The molecule has 0 fully saturated rings. The highest BCUT2D eigenvalue weighted by Gasteiger charge is 2.14. The van der Waals surface area contributed by atoms with E-state index in [2.05, 4.69) is 20.6 Å². The third-order valence-corrected chi connectivity index (χ3v) is 4.51. The van der Waals surface area contributed by atoms with Crippen LogP contribution in [0.25, 0.3) is 22.7 Å². The normalized spacial score (nSPS) is 10.7. The number of nitrogens with one attached hydrogen (secondary N) is 2. The van der Waals surface area contributed by atoms with Crippen LogP contribution in [-0.4, -0.2) is 21.0 Å². The summed E-state index contributed by atoms with van der Waals surface area (Å²) >= 11 is 5.24. The van der Waals surface area contributed by atoms with Crippen LogP contribution in [0.3, 0.4) is 0 Å². The smallest absolute Gasteiger partial charge is 0.257 e. The Balaban J connectivity index is 1.53. The van der Waals surface area contributed by atoms with Gasteiger partial charge in [-0.1, -0.05) is 6.07 Å². The maximum atomic E-state index is 13.0. The van der Waals surface area contributed by atoms with E-state index in [-0.39, 0.29) is 5.11 Å². The van der Waals surface area contributed by atoms with Gasteiger partial charge in [0.25, 0.3) is 5.91 Å². The molecule has 0 unspecified atom stereocenters. The molecule has 0 aliphatic carbocycles. The highest BCUT2D eigenvalue weighted by atomic mass is 32.1. The van der Waals surface area contributed by atoms with Crippen molar-refractivity contribution in [1.29, 1.82) is 0 Å². The molecule has 0 radical (unpaired) electrons. The fraction of sp³-hybridized carbons (Fsp3) is 0.0476. The third-order valence-electron chi connectivity index (χ3n) is 4.31. The Morgan fingerprint density at radius 1 is 1.10 bits per heavy atom. The van der Waals surface area contributed by atoms with Gasteiger partial charge in [0.2, 0.25) is 5.89 Å². The van der Waals surface area contributed by atoms with Crippen molar-refractivity contribution in [2.45, 2.75) is 6.92 Å². The molecule has 0 saturated heterocycles. The summed E-state index contributed by atoms with van der Waals surface area (Å²) in [6.07, 6.45) is 1.65. The molecule has 0 aliphatic heterocycles. The van der Waals surface area contributed by atoms with Crippen molar-refractivity contribution in [1.82, 2.24) is 15.3 Å². The number of amides is 1. The van der Waals surface area contributed by atoms with Crippen molar-refractivity contribution in [3.63, 3.8) is 0 Å². The molecule has 29 heavy (non-hydrogen) atoms. The molecule has 0 atom stereocenters. The summed E-state index contributed by atoms with van der Waals surface area (Å²) < 4.78 is 18.8. The van der Waals surface area contributed by atoms with E-state index in [0.29, 0.717) is 28.4 Å². The summed E-state index contributed by atoms with van der Waals surface area (Å²) in [5.74, 6) is -0.397. The van der Waals surface area contributed by atoms with Crippen molar-refractivity contribution in [3.8, 4) is 11.5 Å². The van der Waals surface area contributed by atoms with E-state index in [1.165, 1.54) is 24.3 Å². The Labute approximate surface area is 170 Å². The summed E-state index contributed by atoms with van der Waals surface area (Å²) in [4.78, 5) is 20.8. The van der Waals surface area contributed by atoms with Gasteiger partial charge in [-0.3, -0.25) is 10.1 Å². The van der Waals surface area contributed by atoms with Crippen LogP contribution < -0.4 is 10.6 Å². The van der Waals surface area contributed by atoms with E-state index in [1.54, 1.807) is 18.3 Å². The second kappa shape index (κ2) is 7.76. The number of rotatable bonds is 3. The molecule has 6 nitrogen and oxygen atoms in total. The molecule has 0 bridgehead atoms. The molecule has 0 saturated carbocycles. The SMILES string of the molecule is Cc1c(NC(=S)NC(=O)c2ccc(F)cc2)cccc1-c1nc2ncccc2o1. The Hall–Kier alpha value is -3.65. The molecule has 2 N–H and O–H groups in total. The minimum Gasteiger partial charge on any atom is -0.434 e. The number of hydrogen-bond donors (Lipinski definition) is 2. The van der Waals surface area contributed by atoms with E-state index in [9.17, 15) is 9.18 Å². The van der Waals surface area contributed by atoms with Gasteiger partial charge in [-0.15, -0.1) is 0 Å². The highest BCUT2D eigenvalue weighted by Crippen LogP contribution is 2.29. The molecule has 4 rings (SSSR count). The van der Waals surface area contributed by atoms with E-state index < -0.39 is 11.7 Å². The first-order chi connectivity index (χ1) is 14.0. The van der Waals surface area contributed by atoms with Gasteiger partial charge in [-0.25, -0.2) is 9.37 Å². The van der Waals surface area contributed by atoms with Crippen LogP contribution in [0.15, 0.2) is 65.2 Å². The average Bonchev–Trinajstić information content (AvgIpc) is 3.14. The molecular formula is C21H15FN4O2S.